The molecule has 1 amide bonds. The lowest BCUT2D eigenvalue weighted by Crippen LogP contribution is -2.42. The summed E-state index contributed by atoms with van der Waals surface area (Å²) in [5.41, 5.74) is 5.28. The van der Waals surface area contributed by atoms with E-state index in [9.17, 15) is 14.4 Å². The van der Waals surface area contributed by atoms with Crippen molar-refractivity contribution in [2.24, 2.45) is 5.73 Å². The molecule has 0 aliphatic rings. The van der Waals surface area contributed by atoms with Gasteiger partial charge in [-0.05, 0) is 6.92 Å². The van der Waals surface area contributed by atoms with E-state index in [2.05, 4.69) is 10.1 Å². The first-order valence-corrected chi connectivity index (χ1v) is 4.88. The van der Waals surface area contributed by atoms with Crippen LogP contribution >= 0.6 is 0 Å². The Labute approximate surface area is 92.9 Å². The second-order valence-corrected chi connectivity index (χ2v) is 3.05. The zero-order chi connectivity index (χ0) is 12.6. The van der Waals surface area contributed by atoms with Crippen molar-refractivity contribution in [1.29, 1.82) is 0 Å². The minimum atomic E-state index is -1.15. The van der Waals surface area contributed by atoms with E-state index in [1.165, 1.54) is 0 Å². The molecule has 0 rings (SSSR count). The van der Waals surface area contributed by atoms with Crippen LogP contribution in [0.2, 0.25) is 0 Å². The molecule has 0 aromatic rings. The van der Waals surface area contributed by atoms with Crippen molar-refractivity contribution in [1.82, 2.24) is 5.32 Å². The summed E-state index contributed by atoms with van der Waals surface area (Å²) >= 11 is 0. The fourth-order valence-corrected chi connectivity index (χ4v) is 0.933. The smallest absolute Gasteiger partial charge is 0.307 e. The molecule has 0 aliphatic carbocycles. The predicted octanol–water partition coefficient (Wildman–Crippen LogP) is -1.14. The van der Waals surface area contributed by atoms with Crippen molar-refractivity contribution < 1.29 is 24.2 Å². The molecule has 1 unspecified atom stereocenters. The van der Waals surface area contributed by atoms with Gasteiger partial charge in [-0.2, -0.15) is 0 Å². The number of carboxylic acid groups (broad SMARTS) is 1. The first-order chi connectivity index (χ1) is 7.47. The molecule has 0 fully saturated rings. The van der Waals surface area contributed by atoms with E-state index < -0.39 is 30.3 Å². The number of carboxylic acids is 1. The molecular formula is C9H16N2O5. The van der Waals surface area contributed by atoms with Crippen LogP contribution in [0.4, 0.5) is 0 Å². The molecule has 0 spiro atoms. The zero-order valence-electron chi connectivity index (χ0n) is 9.06. The van der Waals surface area contributed by atoms with Gasteiger partial charge >= 0.3 is 11.9 Å². The molecule has 0 saturated heterocycles. The number of hydrogen-bond acceptors (Lipinski definition) is 5. The summed E-state index contributed by atoms with van der Waals surface area (Å²) in [7, 11) is 0. The van der Waals surface area contributed by atoms with Gasteiger partial charge in [-0.1, -0.05) is 0 Å². The minimum absolute atomic E-state index is 0.0410. The Balaban J connectivity index is 3.72. The molecule has 7 nitrogen and oxygen atoms in total. The third-order valence-electron chi connectivity index (χ3n) is 1.66. The van der Waals surface area contributed by atoms with E-state index in [1.807, 2.05) is 0 Å². The van der Waals surface area contributed by atoms with Gasteiger partial charge in [0, 0.05) is 6.54 Å². The zero-order valence-corrected chi connectivity index (χ0v) is 9.06. The van der Waals surface area contributed by atoms with Crippen molar-refractivity contribution >= 4 is 17.8 Å². The molecule has 0 aliphatic heterocycles. The first kappa shape index (κ1) is 14.4. The maximum atomic E-state index is 11.2. The van der Waals surface area contributed by atoms with Crippen LogP contribution in [0.25, 0.3) is 0 Å². The summed E-state index contributed by atoms with van der Waals surface area (Å²) in [5.74, 6) is -2.16. The molecule has 1 atom stereocenters. The number of aliphatic carboxylic acids is 1. The Morgan fingerprint density at radius 2 is 2.06 bits per heavy atom. The van der Waals surface area contributed by atoms with Crippen molar-refractivity contribution in [3.8, 4) is 0 Å². The third-order valence-corrected chi connectivity index (χ3v) is 1.66. The van der Waals surface area contributed by atoms with Gasteiger partial charge in [0.1, 0.15) is 0 Å². The van der Waals surface area contributed by atoms with Gasteiger partial charge in [0.2, 0.25) is 5.91 Å². The molecule has 92 valence electrons. The van der Waals surface area contributed by atoms with E-state index in [-0.39, 0.29) is 19.6 Å². The molecule has 0 saturated carbocycles. The van der Waals surface area contributed by atoms with Crippen LogP contribution in [-0.2, 0) is 19.1 Å². The van der Waals surface area contributed by atoms with Crippen LogP contribution in [-0.4, -0.2) is 42.1 Å². The number of nitrogens with two attached hydrogens (primary N) is 1. The van der Waals surface area contributed by atoms with Crippen LogP contribution < -0.4 is 11.1 Å². The maximum absolute atomic E-state index is 11.2. The van der Waals surface area contributed by atoms with Crippen molar-refractivity contribution in [2.75, 3.05) is 13.2 Å². The van der Waals surface area contributed by atoms with Gasteiger partial charge in [0.25, 0.3) is 0 Å². The lowest BCUT2D eigenvalue weighted by atomic mass is 10.2. The molecule has 16 heavy (non-hydrogen) atoms. The SMILES string of the molecule is CCOC(=O)CCNC(=O)C(N)CC(=O)O. The summed E-state index contributed by atoms with van der Waals surface area (Å²) in [6.07, 6.45) is -0.398. The molecule has 0 heterocycles. The third kappa shape index (κ3) is 6.77. The highest BCUT2D eigenvalue weighted by Crippen LogP contribution is 1.89. The Morgan fingerprint density at radius 1 is 1.44 bits per heavy atom. The van der Waals surface area contributed by atoms with Crippen LogP contribution in [0.5, 0.6) is 0 Å². The fraction of sp³-hybridized carbons (Fsp3) is 0.667. The average molecular weight is 232 g/mol. The minimum Gasteiger partial charge on any atom is -0.481 e. The van der Waals surface area contributed by atoms with Gasteiger partial charge in [-0.25, -0.2) is 0 Å². The second-order valence-electron chi connectivity index (χ2n) is 3.05. The predicted molar refractivity (Wildman–Crippen MR) is 54.5 cm³/mol. The quantitative estimate of drug-likeness (QED) is 0.477. The van der Waals surface area contributed by atoms with Crippen molar-refractivity contribution in [3.05, 3.63) is 0 Å². The molecule has 0 bridgehead atoms. The summed E-state index contributed by atoms with van der Waals surface area (Å²) in [6.45, 7) is 2.05. The Hall–Kier alpha value is -1.63. The van der Waals surface area contributed by atoms with Gasteiger partial charge < -0.3 is 20.9 Å². The summed E-state index contributed by atoms with van der Waals surface area (Å²) in [6, 6.07) is -1.10. The van der Waals surface area contributed by atoms with E-state index in [0.29, 0.717) is 0 Å². The standard InChI is InChI=1S/C9H16N2O5/c1-2-16-8(14)3-4-11-9(15)6(10)5-7(12)13/h6H,2-5,10H2,1H3,(H,11,15)(H,12,13). The van der Waals surface area contributed by atoms with E-state index >= 15 is 0 Å². The topological polar surface area (TPSA) is 119 Å². The molecular weight excluding hydrogens is 216 g/mol. The molecule has 7 heteroatoms. The van der Waals surface area contributed by atoms with Gasteiger partial charge in [-0.3, -0.25) is 14.4 Å². The van der Waals surface area contributed by atoms with Crippen LogP contribution in [0.3, 0.4) is 0 Å². The lowest BCUT2D eigenvalue weighted by Gasteiger charge is -2.09. The Kier molecular flexibility index (Phi) is 6.86. The molecule has 4 N–H and O–H groups in total. The molecule has 0 aromatic carbocycles. The van der Waals surface area contributed by atoms with Crippen molar-refractivity contribution in [2.45, 2.75) is 25.8 Å². The van der Waals surface area contributed by atoms with E-state index in [4.69, 9.17) is 10.8 Å². The number of ether oxygens (including phenoxy) is 1. The normalized spacial score (nSPS) is 11.6. The van der Waals surface area contributed by atoms with Crippen LogP contribution in [0.15, 0.2) is 0 Å². The fourth-order valence-electron chi connectivity index (χ4n) is 0.933. The summed E-state index contributed by atoms with van der Waals surface area (Å²) in [5, 5.41) is 10.7. The number of rotatable bonds is 7. The number of nitrogens with one attached hydrogen (secondary N) is 1. The number of amides is 1. The molecule has 0 aromatic heterocycles. The van der Waals surface area contributed by atoms with Crippen LogP contribution in [0.1, 0.15) is 19.8 Å². The largest absolute Gasteiger partial charge is 0.481 e. The highest BCUT2D eigenvalue weighted by molar-refractivity contribution is 5.86. The summed E-state index contributed by atoms with van der Waals surface area (Å²) < 4.78 is 4.63. The number of hydrogen-bond donors (Lipinski definition) is 3. The average Bonchev–Trinajstić information content (AvgIpc) is 2.16. The maximum Gasteiger partial charge on any atom is 0.307 e. The second kappa shape index (κ2) is 7.63. The van der Waals surface area contributed by atoms with Gasteiger partial charge in [0.05, 0.1) is 25.5 Å². The Bertz CT molecular complexity index is 267. The first-order valence-electron chi connectivity index (χ1n) is 4.88. The number of carbonyl (C=O) groups excluding carboxylic acids is 2. The van der Waals surface area contributed by atoms with Gasteiger partial charge in [0.15, 0.2) is 0 Å². The lowest BCUT2D eigenvalue weighted by molar-refractivity contribution is -0.143. The van der Waals surface area contributed by atoms with Crippen molar-refractivity contribution in [3.63, 3.8) is 0 Å². The highest BCUT2D eigenvalue weighted by Gasteiger charge is 2.16. The summed E-state index contributed by atoms with van der Waals surface area (Å²) in [4.78, 5) is 32.3. The van der Waals surface area contributed by atoms with E-state index in [0.717, 1.165) is 0 Å². The molecule has 0 radical (unpaired) electrons. The highest BCUT2D eigenvalue weighted by atomic mass is 16.5. The van der Waals surface area contributed by atoms with Gasteiger partial charge in [-0.15, -0.1) is 0 Å². The number of carbonyl (C=O) groups is 3. The monoisotopic (exact) mass is 232 g/mol. The van der Waals surface area contributed by atoms with E-state index in [1.54, 1.807) is 6.92 Å². The Morgan fingerprint density at radius 3 is 2.56 bits per heavy atom. The number of esters is 1. The van der Waals surface area contributed by atoms with Crippen LogP contribution in [0, 0.1) is 0 Å².